The Hall–Kier alpha value is -2.41. The summed E-state index contributed by atoms with van der Waals surface area (Å²) in [7, 11) is 1.61. The van der Waals surface area contributed by atoms with Crippen LogP contribution in [0.4, 0.5) is 13.2 Å². The number of hydrogen-bond acceptors (Lipinski definition) is 3. The van der Waals surface area contributed by atoms with Crippen molar-refractivity contribution in [3.05, 3.63) is 59.1 Å². The number of amides is 1. The smallest absolute Gasteiger partial charge is 0.422 e. The Morgan fingerprint density at radius 2 is 1.77 bits per heavy atom. The predicted octanol–water partition coefficient (Wildman–Crippen LogP) is 4.43. The Morgan fingerprint density at radius 3 is 2.38 bits per heavy atom. The number of likely N-dealkylation sites (N-methyl/N-ethyl adjacent to an activating group) is 1. The van der Waals surface area contributed by atoms with Gasteiger partial charge in [0.25, 0.3) is 5.91 Å². The van der Waals surface area contributed by atoms with Crippen LogP contribution in [0.1, 0.15) is 10.4 Å². The van der Waals surface area contributed by atoms with Gasteiger partial charge >= 0.3 is 6.18 Å². The number of nitrogens with zero attached hydrogens (tertiary/aromatic N) is 1. The number of hydrogen-bond donors (Lipinski definition) is 0. The molecule has 0 N–H and O–H groups in total. The Labute approximate surface area is 154 Å². The lowest BCUT2D eigenvalue weighted by Crippen LogP contribution is -2.30. The first-order chi connectivity index (χ1) is 12.2. The molecule has 8 heteroatoms. The zero-order chi connectivity index (χ0) is 19.2. The number of carbonyl (C=O) groups excluding carboxylic acids is 1. The van der Waals surface area contributed by atoms with Crippen LogP contribution in [0.25, 0.3) is 0 Å². The third-order valence-corrected chi connectivity index (χ3v) is 3.58. The topological polar surface area (TPSA) is 38.8 Å². The molecule has 0 aliphatic rings. The Kier molecular flexibility index (Phi) is 6.74. The molecular formula is C18H17ClF3NO3. The zero-order valence-electron chi connectivity index (χ0n) is 13.9. The number of rotatable bonds is 7. The van der Waals surface area contributed by atoms with Crippen molar-refractivity contribution >= 4 is 17.5 Å². The van der Waals surface area contributed by atoms with Crippen LogP contribution >= 0.6 is 11.6 Å². The molecule has 1 amide bonds. The third kappa shape index (κ3) is 6.48. The summed E-state index contributed by atoms with van der Waals surface area (Å²) >= 11 is 5.86. The normalized spacial score (nSPS) is 11.1. The molecule has 0 atom stereocenters. The number of halogens is 4. The monoisotopic (exact) mass is 387 g/mol. The van der Waals surface area contributed by atoms with Gasteiger partial charge in [0.2, 0.25) is 0 Å². The van der Waals surface area contributed by atoms with Crippen molar-refractivity contribution in [2.45, 2.75) is 6.18 Å². The third-order valence-electron chi connectivity index (χ3n) is 3.34. The van der Waals surface area contributed by atoms with Crippen LogP contribution in [-0.2, 0) is 0 Å². The molecule has 0 aliphatic carbocycles. The highest BCUT2D eigenvalue weighted by atomic mass is 35.5. The van der Waals surface area contributed by atoms with Crippen molar-refractivity contribution in [3.8, 4) is 11.5 Å². The van der Waals surface area contributed by atoms with E-state index in [4.69, 9.17) is 16.3 Å². The molecule has 2 aromatic rings. The predicted molar refractivity (Wildman–Crippen MR) is 91.9 cm³/mol. The standard InChI is InChI=1S/C18H17ClF3NO3/c1-23(9-10-25-16-4-2-3-14(19)11-16)17(24)13-5-7-15(8-6-13)26-12-18(20,21)22/h2-8,11H,9-10,12H2,1H3. The first-order valence-corrected chi connectivity index (χ1v) is 8.06. The Morgan fingerprint density at radius 1 is 1.08 bits per heavy atom. The van der Waals surface area contributed by atoms with E-state index < -0.39 is 12.8 Å². The summed E-state index contributed by atoms with van der Waals surface area (Å²) < 4.78 is 46.5. The highest BCUT2D eigenvalue weighted by Gasteiger charge is 2.28. The van der Waals surface area contributed by atoms with Gasteiger partial charge in [-0.15, -0.1) is 0 Å². The summed E-state index contributed by atoms with van der Waals surface area (Å²) in [6.07, 6.45) is -4.41. The lowest BCUT2D eigenvalue weighted by atomic mass is 10.2. The van der Waals surface area contributed by atoms with Crippen LogP contribution < -0.4 is 9.47 Å². The van der Waals surface area contributed by atoms with Gasteiger partial charge < -0.3 is 14.4 Å². The molecule has 2 aromatic carbocycles. The van der Waals surface area contributed by atoms with Gasteiger partial charge in [0.05, 0.1) is 6.54 Å². The molecule has 0 aromatic heterocycles. The first-order valence-electron chi connectivity index (χ1n) is 7.68. The molecule has 0 bridgehead atoms. The van der Waals surface area contributed by atoms with Crippen LogP contribution in [0.15, 0.2) is 48.5 Å². The summed E-state index contributed by atoms with van der Waals surface area (Å²) in [5.74, 6) is 0.373. The van der Waals surface area contributed by atoms with Crippen molar-refractivity contribution in [3.63, 3.8) is 0 Å². The first kappa shape index (κ1) is 19.9. The molecule has 0 radical (unpaired) electrons. The molecular weight excluding hydrogens is 371 g/mol. The lowest BCUT2D eigenvalue weighted by molar-refractivity contribution is -0.153. The van der Waals surface area contributed by atoms with E-state index in [2.05, 4.69) is 4.74 Å². The molecule has 0 saturated heterocycles. The van der Waals surface area contributed by atoms with Gasteiger partial charge in [-0.05, 0) is 42.5 Å². The minimum absolute atomic E-state index is 0.0471. The van der Waals surface area contributed by atoms with E-state index >= 15 is 0 Å². The molecule has 2 rings (SSSR count). The van der Waals surface area contributed by atoms with Crippen molar-refractivity contribution in [1.82, 2.24) is 4.90 Å². The van der Waals surface area contributed by atoms with Crippen LogP contribution in [0.5, 0.6) is 11.5 Å². The quantitative estimate of drug-likeness (QED) is 0.705. The van der Waals surface area contributed by atoms with Crippen molar-refractivity contribution < 1.29 is 27.4 Å². The molecule has 0 fully saturated rings. The van der Waals surface area contributed by atoms with Gasteiger partial charge in [-0.3, -0.25) is 4.79 Å². The van der Waals surface area contributed by atoms with E-state index in [1.165, 1.54) is 29.2 Å². The van der Waals surface area contributed by atoms with Gasteiger partial charge in [0.1, 0.15) is 18.1 Å². The second kappa shape index (κ2) is 8.80. The summed E-state index contributed by atoms with van der Waals surface area (Å²) in [5.41, 5.74) is 0.342. The van der Waals surface area contributed by atoms with Crippen molar-refractivity contribution in [2.24, 2.45) is 0 Å². The SMILES string of the molecule is CN(CCOc1cccc(Cl)c1)C(=O)c1ccc(OCC(F)(F)F)cc1. The van der Waals surface area contributed by atoms with Gasteiger partial charge in [-0.2, -0.15) is 13.2 Å². The van der Waals surface area contributed by atoms with Crippen molar-refractivity contribution in [1.29, 1.82) is 0 Å². The second-order valence-corrected chi connectivity index (χ2v) is 5.90. The van der Waals surface area contributed by atoms with Gasteiger partial charge in [0, 0.05) is 17.6 Å². The molecule has 140 valence electrons. The Bertz CT molecular complexity index is 735. The lowest BCUT2D eigenvalue weighted by Gasteiger charge is -2.18. The molecule has 26 heavy (non-hydrogen) atoms. The number of carbonyl (C=O) groups is 1. The van der Waals surface area contributed by atoms with E-state index in [0.29, 0.717) is 22.9 Å². The highest BCUT2D eigenvalue weighted by Crippen LogP contribution is 2.19. The van der Waals surface area contributed by atoms with Crippen LogP contribution in [0, 0.1) is 0 Å². The van der Waals surface area contributed by atoms with E-state index in [9.17, 15) is 18.0 Å². The van der Waals surface area contributed by atoms with E-state index in [1.54, 1.807) is 31.3 Å². The molecule has 0 unspecified atom stereocenters. The maximum Gasteiger partial charge on any atom is 0.422 e. The summed E-state index contributed by atoms with van der Waals surface area (Å²) in [6, 6.07) is 12.4. The summed E-state index contributed by atoms with van der Waals surface area (Å²) in [4.78, 5) is 13.8. The average molecular weight is 388 g/mol. The maximum absolute atomic E-state index is 12.3. The number of benzene rings is 2. The highest BCUT2D eigenvalue weighted by molar-refractivity contribution is 6.30. The second-order valence-electron chi connectivity index (χ2n) is 5.46. The van der Waals surface area contributed by atoms with Crippen LogP contribution in [0.3, 0.4) is 0 Å². The van der Waals surface area contributed by atoms with Crippen LogP contribution in [0.2, 0.25) is 5.02 Å². The largest absolute Gasteiger partial charge is 0.492 e. The van der Waals surface area contributed by atoms with Gasteiger partial charge in [0.15, 0.2) is 6.61 Å². The maximum atomic E-state index is 12.3. The minimum atomic E-state index is -4.41. The van der Waals surface area contributed by atoms with E-state index in [-0.39, 0.29) is 18.3 Å². The average Bonchev–Trinajstić information content (AvgIpc) is 2.59. The molecule has 0 spiro atoms. The number of alkyl halides is 3. The molecule has 0 aliphatic heterocycles. The Balaban J connectivity index is 1.83. The molecule has 0 saturated carbocycles. The molecule has 4 nitrogen and oxygen atoms in total. The minimum Gasteiger partial charge on any atom is -0.492 e. The fourth-order valence-corrected chi connectivity index (χ4v) is 2.22. The van der Waals surface area contributed by atoms with E-state index in [1.807, 2.05) is 0 Å². The van der Waals surface area contributed by atoms with Crippen molar-refractivity contribution in [2.75, 3.05) is 26.8 Å². The van der Waals surface area contributed by atoms with Gasteiger partial charge in [-0.1, -0.05) is 17.7 Å². The summed E-state index contributed by atoms with van der Waals surface area (Å²) in [5, 5.41) is 0.555. The molecule has 0 heterocycles. The fraction of sp³-hybridized carbons (Fsp3) is 0.278. The fourth-order valence-electron chi connectivity index (χ4n) is 2.04. The van der Waals surface area contributed by atoms with E-state index in [0.717, 1.165) is 0 Å². The number of ether oxygens (including phenoxy) is 2. The van der Waals surface area contributed by atoms with Gasteiger partial charge in [-0.25, -0.2) is 0 Å². The summed E-state index contributed by atoms with van der Waals surface area (Å²) in [6.45, 7) is -0.770. The zero-order valence-corrected chi connectivity index (χ0v) is 14.7. The van der Waals surface area contributed by atoms with Crippen LogP contribution in [-0.4, -0.2) is 43.8 Å².